The van der Waals surface area contributed by atoms with Crippen LogP contribution in [0.4, 0.5) is 22.9 Å². The van der Waals surface area contributed by atoms with Gasteiger partial charge in [0.1, 0.15) is 12.1 Å². The number of nitrogens with zero attached hydrogens (tertiary/aromatic N) is 3. The van der Waals surface area contributed by atoms with Gasteiger partial charge in [0.15, 0.2) is 11.5 Å². The molecule has 9 heteroatoms. The molecule has 1 atom stereocenters. The van der Waals surface area contributed by atoms with Crippen molar-refractivity contribution in [3.8, 4) is 11.5 Å². The van der Waals surface area contributed by atoms with Gasteiger partial charge in [-0.05, 0) is 43.2 Å². The summed E-state index contributed by atoms with van der Waals surface area (Å²) in [6.45, 7) is 4.41. The van der Waals surface area contributed by atoms with Gasteiger partial charge in [-0.15, -0.1) is 0 Å². The lowest BCUT2D eigenvalue weighted by Gasteiger charge is -2.18. The van der Waals surface area contributed by atoms with Crippen LogP contribution in [-0.4, -0.2) is 35.1 Å². The Hall–Kier alpha value is -4.14. The average Bonchev–Trinajstić information content (AvgIpc) is 3.45. The van der Waals surface area contributed by atoms with Crippen LogP contribution in [0, 0.1) is 12.8 Å². The Morgan fingerprint density at radius 3 is 2.79 bits per heavy atom. The van der Waals surface area contributed by atoms with Crippen molar-refractivity contribution in [1.82, 2.24) is 9.97 Å². The van der Waals surface area contributed by atoms with Crippen molar-refractivity contribution in [2.45, 2.75) is 26.7 Å². The van der Waals surface area contributed by atoms with Crippen LogP contribution in [0.25, 0.3) is 0 Å². The van der Waals surface area contributed by atoms with Crippen LogP contribution in [0.5, 0.6) is 11.5 Å². The number of rotatable bonds is 6. The van der Waals surface area contributed by atoms with E-state index < -0.39 is 5.92 Å². The third-order valence-corrected chi connectivity index (χ3v) is 5.99. The Labute approximate surface area is 197 Å². The lowest BCUT2D eigenvalue weighted by Crippen LogP contribution is -2.28. The number of anilines is 4. The maximum atomic E-state index is 13.1. The highest BCUT2D eigenvalue weighted by molar-refractivity contribution is 6.04. The molecule has 34 heavy (non-hydrogen) atoms. The Balaban J connectivity index is 1.30. The van der Waals surface area contributed by atoms with E-state index in [1.54, 1.807) is 17.0 Å². The number of hydrogen-bond donors (Lipinski definition) is 2. The zero-order valence-corrected chi connectivity index (χ0v) is 19.0. The van der Waals surface area contributed by atoms with Crippen molar-refractivity contribution in [3.63, 3.8) is 0 Å². The lowest BCUT2D eigenvalue weighted by atomic mass is 10.1. The van der Waals surface area contributed by atoms with E-state index >= 15 is 0 Å². The third-order valence-electron chi connectivity index (χ3n) is 5.99. The van der Waals surface area contributed by atoms with Crippen LogP contribution < -0.4 is 25.0 Å². The molecule has 2 amide bonds. The van der Waals surface area contributed by atoms with Crippen molar-refractivity contribution in [3.05, 3.63) is 60.0 Å². The fraction of sp³-hybridized carbons (Fsp3) is 0.280. The second-order valence-electron chi connectivity index (χ2n) is 8.33. The molecule has 9 nitrogen and oxygen atoms in total. The van der Waals surface area contributed by atoms with Crippen molar-refractivity contribution >= 4 is 34.7 Å². The van der Waals surface area contributed by atoms with E-state index in [1.165, 1.54) is 6.33 Å². The van der Waals surface area contributed by atoms with Crippen molar-refractivity contribution in [2.75, 3.05) is 28.9 Å². The molecule has 0 saturated carbocycles. The van der Waals surface area contributed by atoms with E-state index in [9.17, 15) is 9.59 Å². The van der Waals surface area contributed by atoms with Crippen molar-refractivity contribution in [2.24, 2.45) is 5.92 Å². The first kappa shape index (κ1) is 21.7. The summed E-state index contributed by atoms with van der Waals surface area (Å²) in [5, 5.41) is 6.29. The number of aromatic nitrogens is 2. The summed E-state index contributed by atoms with van der Waals surface area (Å²) in [7, 11) is 0. The fourth-order valence-electron chi connectivity index (χ4n) is 4.17. The SMILES string of the molecule is CCc1ccc(Nc2cc(C)ncn2)cc1NC(=O)C1CC(=O)N(c2ccc3c(c2)OCO3)C1. The summed E-state index contributed by atoms with van der Waals surface area (Å²) in [4.78, 5) is 35.8. The van der Waals surface area contributed by atoms with Gasteiger partial charge in [0.05, 0.1) is 5.92 Å². The van der Waals surface area contributed by atoms with Crippen LogP contribution in [0.1, 0.15) is 24.6 Å². The number of benzene rings is 2. The lowest BCUT2D eigenvalue weighted by molar-refractivity contribution is -0.122. The van der Waals surface area contributed by atoms with Gasteiger partial charge < -0.3 is 25.0 Å². The minimum absolute atomic E-state index is 0.0933. The van der Waals surface area contributed by atoms with E-state index in [4.69, 9.17) is 9.47 Å². The average molecular weight is 460 g/mol. The first-order chi connectivity index (χ1) is 16.5. The minimum Gasteiger partial charge on any atom is -0.454 e. The molecule has 1 unspecified atom stereocenters. The van der Waals surface area contributed by atoms with Gasteiger partial charge in [0, 0.05) is 47.9 Å². The number of nitrogens with one attached hydrogen (secondary N) is 2. The highest BCUT2D eigenvalue weighted by atomic mass is 16.7. The fourth-order valence-corrected chi connectivity index (χ4v) is 4.17. The predicted octanol–water partition coefficient (Wildman–Crippen LogP) is 3.81. The molecular weight excluding hydrogens is 434 g/mol. The summed E-state index contributed by atoms with van der Waals surface area (Å²) in [6.07, 6.45) is 2.42. The molecule has 1 saturated heterocycles. The van der Waals surface area contributed by atoms with E-state index in [0.29, 0.717) is 29.5 Å². The van der Waals surface area contributed by atoms with Gasteiger partial charge >= 0.3 is 0 Å². The summed E-state index contributed by atoms with van der Waals surface area (Å²) in [5.74, 6) is 1.21. The number of ether oxygens (including phenoxy) is 2. The molecule has 5 rings (SSSR count). The Bertz CT molecular complexity index is 1260. The van der Waals surface area contributed by atoms with Gasteiger partial charge in [-0.3, -0.25) is 9.59 Å². The molecule has 174 valence electrons. The van der Waals surface area contributed by atoms with E-state index in [-0.39, 0.29) is 25.0 Å². The summed E-state index contributed by atoms with van der Waals surface area (Å²) in [5.41, 5.74) is 4.08. The maximum Gasteiger partial charge on any atom is 0.231 e. The van der Waals surface area contributed by atoms with Gasteiger partial charge in [0.25, 0.3) is 0 Å². The highest BCUT2D eigenvalue weighted by Crippen LogP contribution is 2.37. The summed E-state index contributed by atoms with van der Waals surface area (Å²) in [6, 6.07) is 13.0. The Morgan fingerprint density at radius 2 is 1.97 bits per heavy atom. The van der Waals surface area contributed by atoms with Crippen LogP contribution in [0.15, 0.2) is 48.8 Å². The van der Waals surface area contributed by atoms with Gasteiger partial charge in [-0.25, -0.2) is 9.97 Å². The molecule has 2 aliphatic heterocycles. The largest absolute Gasteiger partial charge is 0.454 e. The van der Waals surface area contributed by atoms with Crippen LogP contribution in [-0.2, 0) is 16.0 Å². The highest BCUT2D eigenvalue weighted by Gasteiger charge is 2.36. The van der Waals surface area contributed by atoms with Crippen LogP contribution in [0.2, 0.25) is 0 Å². The number of carbonyl (C=O) groups is 2. The topological polar surface area (TPSA) is 106 Å². The van der Waals surface area contributed by atoms with Gasteiger partial charge in [0.2, 0.25) is 18.6 Å². The number of amides is 2. The molecule has 1 aromatic heterocycles. The first-order valence-corrected chi connectivity index (χ1v) is 11.2. The smallest absolute Gasteiger partial charge is 0.231 e. The van der Waals surface area contributed by atoms with E-state index in [2.05, 4.69) is 20.6 Å². The van der Waals surface area contributed by atoms with Gasteiger partial charge in [-0.2, -0.15) is 0 Å². The molecule has 3 heterocycles. The monoisotopic (exact) mass is 459 g/mol. The van der Waals surface area contributed by atoms with Crippen molar-refractivity contribution < 1.29 is 19.1 Å². The molecule has 0 aliphatic carbocycles. The minimum atomic E-state index is -0.455. The molecule has 1 fully saturated rings. The van der Waals surface area contributed by atoms with Gasteiger partial charge in [-0.1, -0.05) is 13.0 Å². The van der Waals surface area contributed by atoms with E-state index in [0.717, 1.165) is 29.1 Å². The third kappa shape index (κ3) is 4.36. The second-order valence-corrected chi connectivity index (χ2v) is 8.33. The van der Waals surface area contributed by atoms with Crippen LogP contribution >= 0.6 is 0 Å². The molecular formula is C25H25N5O4. The molecule has 2 aromatic carbocycles. The molecule has 2 aliphatic rings. The zero-order chi connectivity index (χ0) is 23.7. The van der Waals surface area contributed by atoms with Crippen molar-refractivity contribution in [1.29, 1.82) is 0 Å². The molecule has 2 N–H and O–H groups in total. The first-order valence-electron chi connectivity index (χ1n) is 11.2. The molecule has 0 spiro atoms. The Kier molecular flexibility index (Phi) is 5.75. The number of hydrogen-bond acceptors (Lipinski definition) is 7. The number of fused-ring (bicyclic) bond motifs is 1. The predicted molar refractivity (Wildman–Crippen MR) is 128 cm³/mol. The standard InChI is InChI=1S/C25H25N5O4/c1-3-16-4-5-18(28-23-8-15(2)26-13-27-23)10-20(16)29-25(32)17-9-24(31)30(12-17)19-6-7-21-22(11-19)34-14-33-21/h4-8,10-11,13,17H,3,9,12,14H2,1-2H3,(H,29,32)(H,26,27,28). The van der Waals surface area contributed by atoms with Crippen LogP contribution in [0.3, 0.4) is 0 Å². The number of carbonyl (C=O) groups excluding carboxylic acids is 2. The molecule has 3 aromatic rings. The normalized spacial score (nSPS) is 16.6. The zero-order valence-electron chi connectivity index (χ0n) is 19.0. The van der Waals surface area contributed by atoms with E-state index in [1.807, 2.05) is 44.2 Å². The molecule has 0 radical (unpaired) electrons. The molecule has 0 bridgehead atoms. The second kappa shape index (κ2) is 9.01. The summed E-state index contributed by atoms with van der Waals surface area (Å²) >= 11 is 0. The summed E-state index contributed by atoms with van der Waals surface area (Å²) < 4.78 is 10.8. The number of aryl methyl sites for hydroxylation is 2. The quantitative estimate of drug-likeness (QED) is 0.577. The Morgan fingerprint density at radius 1 is 1.12 bits per heavy atom. The maximum absolute atomic E-state index is 13.1.